The number of thiol groups is 3. The Morgan fingerprint density at radius 1 is 0.923 bits per heavy atom. The molecule has 0 bridgehead atoms. The number of hydrogen-bond acceptors (Lipinski definition) is 0. The fourth-order valence-electron chi connectivity index (χ4n) is 1.07. The van der Waals surface area contributed by atoms with Crippen LogP contribution >= 0.6 is 40.4 Å². The smallest absolute Gasteiger partial charge is 0.0770 e. The highest BCUT2D eigenvalue weighted by Gasteiger charge is 2.11. The molecule has 0 amide bonds. The van der Waals surface area contributed by atoms with Crippen molar-refractivity contribution in [1.82, 2.24) is 0 Å². The summed E-state index contributed by atoms with van der Waals surface area (Å²) >= 11 is 12.9. The first-order chi connectivity index (χ1) is 6.06. The fraction of sp³-hybridized carbons (Fsp3) is 1.00. The average molecular weight is 275 g/mol. The standard InChI is InChI=1S/C8H20PS4/c1-2-3-4-5-6-7-8-13-9(10,11)12/h10-12H,2-8H2,1H3/q+1. The second-order valence-corrected chi connectivity index (χ2v) is 17.9. The third-order valence-electron chi connectivity index (χ3n) is 1.76. The predicted molar refractivity (Wildman–Crippen MR) is 79.5 cm³/mol. The van der Waals surface area contributed by atoms with Gasteiger partial charge in [0.25, 0.3) is 3.64 Å². The zero-order valence-electron chi connectivity index (χ0n) is 8.15. The van der Waals surface area contributed by atoms with E-state index in [-0.39, 0.29) is 0 Å². The van der Waals surface area contributed by atoms with Gasteiger partial charge in [-0.1, -0.05) is 69.4 Å². The molecule has 0 aliphatic heterocycles. The Kier molecular flexibility index (Phi) is 10.1. The lowest BCUT2D eigenvalue weighted by Gasteiger charge is -1.95. The molecule has 0 aliphatic rings. The molecule has 80 valence electrons. The number of unbranched alkanes of at least 4 members (excludes halogenated alkanes) is 5. The van der Waals surface area contributed by atoms with Crippen molar-refractivity contribution in [3.63, 3.8) is 0 Å². The normalized spacial score (nSPS) is 11.7. The maximum Gasteiger partial charge on any atom is 0.276 e. The van der Waals surface area contributed by atoms with Crippen LogP contribution in [0.15, 0.2) is 0 Å². The average Bonchev–Trinajstić information content (AvgIpc) is 2.01. The van der Waals surface area contributed by atoms with Gasteiger partial charge in [0.05, 0.1) is 0 Å². The highest BCUT2D eigenvalue weighted by Crippen LogP contribution is 2.62. The van der Waals surface area contributed by atoms with Crippen LogP contribution in [0.25, 0.3) is 0 Å². The van der Waals surface area contributed by atoms with E-state index in [0.717, 1.165) is 5.75 Å². The highest BCUT2D eigenvalue weighted by molar-refractivity contribution is 9.15. The van der Waals surface area contributed by atoms with Crippen molar-refractivity contribution in [2.24, 2.45) is 0 Å². The molecule has 0 atom stereocenters. The van der Waals surface area contributed by atoms with Gasteiger partial charge < -0.3 is 0 Å². The summed E-state index contributed by atoms with van der Waals surface area (Å²) in [6, 6.07) is 0. The van der Waals surface area contributed by atoms with E-state index in [4.69, 9.17) is 0 Å². The SMILES string of the molecule is CCCCCCCC[S+]=P(S)(S)S. The minimum absolute atomic E-state index is 1.16. The van der Waals surface area contributed by atoms with Crippen LogP contribution in [0.3, 0.4) is 0 Å². The number of rotatable bonds is 7. The summed E-state index contributed by atoms with van der Waals surface area (Å²) in [7, 11) is 1.80. The Morgan fingerprint density at radius 2 is 1.46 bits per heavy atom. The van der Waals surface area contributed by atoms with E-state index in [1.54, 1.807) is 10.9 Å². The van der Waals surface area contributed by atoms with Gasteiger partial charge in [0.2, 0.25) is 0 Å². The molecule has 0 N–H and O–H groups in total. The molecule has 0 rings (SSSR count). The van der Waals surface area contributed by atoms with Gasteiger partial charge in [-0.2, -0.15) is 0 Å². The monoisotopic (exact) mass is 275 g/mol. The van der Waals surface area contributed by atoms with Crippen molar-refractivity contribution in [2.75, 3.05) is 5.75 Å². The second kappa shape index (κ2) is 8.96. The van der Waals surface area contributed by atoms with E-state index in [0.29, 0.717) is 0 Å². The van der Waals surface area contributed by atoms with E-state index in [1.807, 2.05) is 0 Å². The Balaban J connectivity index is 3.18. The first-order valence-corrected chi connectivity index (χ1v) is 11.6. The molecule has 0 radical (unpaired) electrons. The van der Waals surface area contributed by atoms with Crippen LogP contribution in [0, 0.1) is 0 Å². The van der Waals surface area contributed by atoms with Crippen LogP contribution in [-0.2, 0) is 10.9 Å². The molecular formula is C8H20PS4+. The highest BCUT2D eigenvalue weighted by atomic mass is 33.5. The molecule has 0 aromatic rings. The van der Waals surface area contributed by atoms with Gasteiger partial charge in [-0.15, -0.1) is 0 Å². The first-order valence-electron chi connectivity index (χ1n) is 4.78. The molecule has 13 heavy (non-hydrogen) atoms. The molecule has 0 aliphatic carbocycles. The molecule has 5 heteroatoms. The summed E-state index contributed by atoms with van der Waals surface area (Å²) in [5.41, 5.74) is 0. The summed E-state index contributed by atoms with van der Waals surface area (Å²) in [5, 5.41) is 0. The molecule has 0 fully saturated rings. The van der Waals surface area contributed by atoms with Crippen LogP contribution in [0.5, 0.6) is 0 Å². The van der Waals surface area contributed by atoms with Crippen LogP contribution in [0.1, 0.15) is 45.4 Å². The van der Waals surface area contributed by atoms with Gasteiger partial charge in [-0.3, -0.25) is 0 Å². The van der Waals surface area contributed by atoms with Gasteiger partial charge in [-0.05, 0) is 6.42 Å². The van der Waals surface area contributed by atoms with Crippen molar-refractivity contribution < 1.29 is 0 Å². The van der Waals surface area contributed by atoms with Crippen LogP contribution < -0.4 is 0 Å². The third-order valence-corrected chi connectivity index (χ3v) is 7.28. The van der Waals surface area contributed by atoms with E-state index in [9.17, 15) is 0 Å². The topological polar surface area (TPSA) is 0 Å². The Labute approximate surface area is 102 Å². The predicted octanol–water partition coefficient (Wildman–Crippen LogP) is 4.90. The molecule has 0 unspecified atom stereocenters. The van der Waals surface area contributed by atoms with E-state index < -0.39 is 3.64 Å². The van der Waals surface area contributed by atoms with Crippen molar-refractivity contribution in [3.8, 4) is 0 Å². The molecule has 0 saturated heterocycles. The quantitative estimate of drug-likeness (QED) is 0.250. The summed E-state index contributed by atoms with van der Waals surface area (Å²) < 4.78 is -1.48. The van der Waals surface area contributed by atoms with Crippen LogP contribution in [0.2, 0.25) is 0 Å². The lowest BCUT2D eigenvalue weighted by atomic mass is 10.1. The lowest BCUT2D eigenvalue weighted by Crippen LogP contribution is -1.83. The van der Waals surface area contributed by atoms with Crippen molar-refractivity contribution >= 4 is 51.3 Å². The van der Waals surface area contributed by atoms with Crippen LogP contribution in [-0.4, -0.2) is 5.75 Å². The maximum absolute atomic E-state index is 4.32. The minimum atomic E-state index is -1.48. The summed E-state index contributed by atoms with van der Waals surface area (Å²) in [5.74, 6) is 1.16. The fourth-order valence-corrected chi connectivity index (χ4v) is 4.97. The largest absolute Gasteiger partial charge is 0.276 e. The molecule has 0 aromatic carbocycles. The number of hydrogen-bond donors (Lipinski definition) is 3. The lowest BCUT2D eigenvalue weighted by molar-refractivity contribution is 0.627. The Hall–Kier alpha value is 1.70. The van der Waals surface area contributed by atoms with Crippen molar-refractivity contribution in [3.05, 3.63) is 0 Å². The van der Waals surface area contributed by atoms with Gasteiger partial charge in [0.1, 0.15) is 0 Å². The zero-order valence-corrected chi connectivity index (χ0v) is 12.5. The Bertz CT molecular complexity index is 155. The molecule has 0 nitrogen and oxygen atoms in total. The van der Waals surface area contributed by atoms with Crippen LogP contribution in [0.4, 0.5) is 0 Å². The molecule has 0 aromatic heterocycles. The van der Waals surface area contributed by atoms with Gasteiger partial charge in [-0.25, -0.2) is 0 Å². The maximum atomic E-state index is 4.32. The van der Waals surface area contributed by atoms with E-state index in [2.05, 4.69) is 43.7 Å². The molecule has 0 saturated carbocycles. The summed E-state index contributed by atoms with van der Waals surface area (Å²) in [4.78, 5) is 0. The van der Waals surface area contributed by atoms with E-state index >= 15 is 0 Å². The van der Waals surface area contributed by atoms with Crippen molar-refractivity contribution in [2.45, 2.75) is 45.4 Å². The van der Waals surface area contributed by atoms with E-state index in [1.165, 1.54) is 38.5 Å². The minimum Gasteiger partial charge on any atom is -0.0770 e. The molecule has 0 spiro atoms. The second-order valence-electron chi connectivity index (χ2n) is 3.11. The first kappa shape index (κ1) is 14.7. The Morgan fingerprint density at radius 3 is 2.00 bits per heavy atom. The molecular weight excluding hydrogens is 255 g/mol. The van der Waals surface area contributed by atoms with Gasteiger partial charge >= 0.3 is 0 Å². The summed E-state index contributed by atoms with van der Waals surface area (Å²) in [6.45, 7) is 2.25. The molecule has 0 heterocycles. The summed E-state index contributed by atoms with van der Waals surface area (Å²) in [6.07, 6.45) is 8.12. The third kappa shape index (κ3) is 13.7. The van der Waals surface area contributed by atoms with Gasteiger partial charge in [0.15, 0.2) is 16.7 Å². The van der Waals surface area contributed by atoms with Crippen molar-refractivity contribution in [1.29, 1.82) is 0 Å². The van der Waals surface area contributed by atoms with Gasteiger partial charge in [0, 0.05) is 6.42 Å². The zero-order chi connectivity index (χ0) is 10.2.